The van der Waals surface area contributed by atoms with Gasteiger partial charge >= 0.3 is 0 Å². The van der Waals surface area contributed by atoms with Crippen molar-refractivity contribution in [3.63, 3.8) is 0 Å². The van der Waals surface area contributed by atoms with Gasteiger partial charge in [0.05, 0.1) is 30.4 Å². The van der Waals surface area contributed by atoms with Gasteiger partial charge in [0.25, 0.3) is 5.56 Å². The van der Waals surface area contributed by atoms with Gasteiger partial charge in [0.1, 0.15) is 11.5 Å². The number of piperazine rings is 1. The Kier molecular flexibility index (Phi) is 5.04. The average Bonchev–Trinajstić information content (AvgIpc) is 3.17. The van der Waals surface area contributed by atoms with Crippen LogP contribution in [0.15, 0.2) is 33.8 Å². The largest absolute Gasteiger partial charge is 0.376 e. The third kappa shape index (κ3) is 3.50. The highest BCUT2D eigenvalue weighted by atomic mass is 16.5. The second-order valence-electron chi connectivity index (χ2n) is 8.35. The molecule has 2 aliphatic rings. The number of benzene rings is 1. The van der Waals surface area contributed by atoms with E-state index >= 15 is 0 Å². The molecule has 0 N–H and O–H groups in total. The molecule has 5 rings (SSSR count). The van der Waals surface area contributed by atoms with Gasteiger partial charge < -0.3 is 14.2 Å². The van der Waals surface area contributed by atoms with Crippen LogP contribution < -0.4 is 10.5 Å². The highest BCUT2D eigenvalue weighted by Crippen LogP contribution is 2.24. The quantitative estimate of drug-likeness (QED) is 0.655. The van der Waals surface area contributed by atoms with Crippen LogP contribution in [0.2, 0.25) is 0 Å². The first-order chi connectivity index (χ1) is 14.6. The van der Waals surface area contributed by atoms with E-state index in [4.69, 9.17) is 9.26 Å². The summed E-state index contributed by atoms with van der Waals surface area (Å²) in [4.78, 5) is 21.9. The van der Waals surface area contributed by atoms with Gasteiger partial charge in [-0.2, -0.15) is 0 Å². The standard InChI is InChI=1S/C22H27N5O3/c1-15(2)27-14-23-19-11-16(3-4-17(19)22(27)28)26-8-6-25(7-9-26)12-20-18-13-29-10-5-21(18)30-24-20/h3-4,11,14-15H,5-10,12-13H2,1-2H3. The van der Waals surface area contributed by atoms with Gasteiger partial charge in [0.2, 0.25) is 0 Å². The Bertz CT molecular complexity index is 1110. The smallest absolute Gasteiger partial charge is 0.261 e. The number of hydrogen-bond donors (Lipinski definition) is 0. The molecule has 2 aliphatic heterocycles. The minimum Gasteiger partial charge on any atom is -0.376 e. The molecule has 0 saturated carbocycles. The molecule has 4 heterocycles. The molecule has 8 nitrogen and oxygen atoms in total. The van der Waals surface area contributed by atoms with Crippen LogP contribution in [0.5, 0.6) is 0 Å². The zero-order valence-electron chi connectivity index (χ0n) is 17.5. The number of ether oxygens (including phenoxy) is 1. The Morgan fingerprint density at radius 2 is 2.00 bits per heavy atom. The maximum Gasteiger partial charge on any atom is 0.261 e. The highest BCUT2D eigenvalue weighted by molar-refractivity contribution is 5.81. The molecule has 8 heteroatoms. The lowest BCUT2D eigenvalue weighted by Gasteiger charge is -2.36. The van der Waals surface area contributed by atoms with Gasteiger partial charge in [-0.05, 0) is 32.0 Å². The van der Waals surface area contributed by atoms with Crippen molar-refractivity contribution in [1.29, 1.82) is 0 Å². The van der Waals surface area contributed by atoms with E-state index in [0.29, 0.717) is 18.6 Å². The summed E-state index contributed by atoms with van der Waals surface area (Å²) in [6.07, 6.45) is 2.47. The minimum absolute atomic E-state index is 0.0197. The highest BCUT2D eigenvalue weighted by Gasteiger charge is 2.24. The Hall–Kier alpha value is -2.71. The van der Waals surface area contributed by atoms with E-state index in [0.717, 1.165) is 67.4 Å². The number of anilines is 1. The molecule has 0 radical (unpaired) electrons. The Labute approximate surface area is 175 Å². The van der Waals surface area contributed by atoms with E-state index in [1.165, 1.54) is 0 Å². The number of aromatic nitrogens is 3. The molecular weight excluding hydrogens is 382 g/mol. The second-order valence-corrected chi connectivity index (χ2v) is 8.35. The molecular formula is C22H27N5O3. The zero-order chi connectivity index (χ0) is 20.7. The fourth-order valence-electron chi connectivity index (χ4n) is 4.27. The van der Waals surface area contributed by atoms with E-state index in [1.807, 2.05) is 32.0 Å². The van der Waals surface area contributed by atoms with Crippen molar-refractivity contribution in [2.24, 2.45) is 0 Å². The average molecular weight is 409 g/mol. The fraction of sp³-hybridized carbons (Fsp3) is 0.500. The number of hydrogen-bond acceptors (Lipinski definition) is 7. The third-order valence-electron chi connectivity index (χ3n) is 6.11. The maximum atomic E-state index is 12.6. The Morgan fingerprint density at radius 3 is 2.80 bits per heavy atom. The summed E-state index contributed by atoms with van der Waals surface area (Å²) in [5, 5.41) is 4.95. The first-order valence-electron chi connectivity index (χ1n) is 10.6. The Balaban J connectivity index is 1.27. The van der Waals surface area contributed by atoms with Crippen molar-refractivity contribution in [2.45, 2.75) is 39.5 Å². The lowest BCUT2D eigenvalue weighted by atomic mass is 10.1. The van der Waals surface area contributed by atoms with Crippen molar-refractivity contribution in [3.05, 3.63) is 51.9 Å². The van der Waals surface area contributed by atoms with E-state index in [9.17, 15) is 4.79 Å². The van der Waals surface area contributed by atoms with Crippen LogP contribution in [0.3, 0.4) is 0 Å². The number of rotatable bonds is 4. The second kappa shape index (κ2) is 7.85. The lowest BCUT2D eigenvalue weighted by molar-refractivity contribution is 0.102. The Morgan fingerprint density at radius 1 is 1.17 bits per heavy atom. The van der Waals surface area contributed by atoms with Gasteiger partial charge in [-0.3, -0.25) is 14.3 Å². The molecule has 1 fully saturated rings. The summed E-state index contributed by atoms with van der Waals surface area (Å²) in [6, 6.07) is 6.08. The van der Waals surface area contributed by atoms with Crippen LogP contribution in [0.25, 0.3) is 10.9 Å². The molecule has 1 aromatic carbocycles. The molecule has 0 bridgehead atoms. The molecule has 30 heavy (non-hydrogen) atoms. The van der Waals surface area contributed by atoms with Crippen LogP contribution in [0.4, 0.5) is 5.69 Å². The molecule has 0 atom stereocenters. The van der Waals surface area contributed by atoms with Crippen LogP contribution in [0.1, 0.15) is 36.9 Å². The molecule has 0 unspecified atom stereocenters. The normalized spacial score (nSPS) is 17.6. The van der Waals surface area contributed by atoms with Gasteiger partial charge in [-0.25, -0.2) is 4.98 Å². The number of fused-ring (bicyclic) bond motifs is 2. The van der Waals surface area contributed by atoms with E-state index in [2.05, 4.69) is 19.9 Å². The zero-order valence-corrected chi connectivity index (χ0v) is 17.5. The van der Waals surface area contributed by atoms with Crippen molar-refractivity contribution in [3.8, 4) is 0 Å². The van der Waals surface area contributed by atoms with Gasteiger partial charge in [-0.15, -0.1) is 0 Å². The minimum atomic E-state index is 0.0197. The fourth-order valence-corrected chi connectivity index (χ4v) is 4.27. The van der Waals surface area contributed by atoms with Crippen LogP contribution in [0, 0.1) is 0 Å². The van der Waals surface area contributed by atoms with E-state index in [1.54, 1.807) is 10.9 Å². The van der Waals surface area contributed by atoms with Crippen molar-refractivity contribution in [2.75, 3.05) is 37.7 Å². The molecule has 0 amide bonds. The SMILES string of the molecule is CC(C)n1cnc2cc(N3CCN(Cc4noc5c4COCC5)CC3)ccc2c1=O. The lowest BCUT2D eigenvalue weighted by Crippen LogP contribution is -2.46. The molecule has 1 saturated heterocycles. The maximum absolute atomic E-state index is 12.6. The molecule has 0 aliphatic carbocycles. The topological polar surface area (TPSA) is 76.6 Å². The monoisotopic (exact) mass is 409 g/mol. The number of nitrogens with zero attached hydrogens (tertiary/aromatic N) is 5. The molecule has 158 valence electrons. The van der Waals surface area contributed by atoms with Crippen LogP contribution in [-0.2, 0) is 24.3 Å². The predicted octanol–water partition coefficient (Wildman–Crippen LogP) is 2.36. The summed E-state index contributed by atoms with van der Waals surface area (Å²) in [6.45, 7) is 9.84. The van der Waals surface area contributed by atoms with E-state index < -0.39 is 0 Å². The molecule has 3 aromatic rings. The van der Waals surface area contributed by atoms with Crippen LogP contribution in [-0.4, -0.2) is 52.4 Å². The predicted molar refractivity (Wildman–Crippen MR) is 114 cm³/mol. The summed E-state index contributed by atoms with van der Waals surface area (Å²) in [7, 11) is 0. The van der Waals surface area contributed by atoms with Crippen molar-refractivity contribution >= 4 is 16.6 Å². The molecule has 0 spiro atoms. The van der Waals surface area contributed by atoms with E-state index in [-0.39, 0.29) is 11.6 Å². The first-order valence-corrected chi connectivity index (χ1v) is 10.6. The van der Waals surface area contributed by atoms with Crippen molar-refractivity contribution < 1.29 is 9.26 Å². The first kappa shape index (κ1) is 19.3. The summed E-state index contributed by atoms with van der Waals surface area (Å²) >= 11 is 0. The van der Waals surface area contributed by atoms with Gasteiger partial charge in [0, 0.05) is 56.4 Å². The molecule has 2 aromatic heterocycles. The third-order valence-corrected chi connectivity index (χ3v) is 6.11. The van der Waals surface area contributed by atoms with Gasteiger partial charge in [0.15, 0.2) is 0 Å². The van der Waals surface area contributed by atoms with Crippen LogP contribution >= 0.6 is 0 Å². The summed E-state index contributed by atoms with van der Waals surface area (Å²) in [5.74, 6) is 0.982. The summed E-state index contributed by atoms with van der Waals surface area (Å²) < 4.78 is 12.7. The van der Waals surface area contributed by atoms with Crippen molar-refractivity contribution in [1.82, 2.24) is 19.6 Å². The van der Waals surface area contributed by atoms with Gasteiger partial charge in [-0.1, -0.05) is 5.16 Å². The summed E-state index contributed by atoms with van der Waals surface area (Å²) in [5.41, 5.74) is 4.03.